The molecule has 2 N–H and O–H groups in total. The van der Waals surface area contributed by atoms with Crippen LogP contribution >= 0.6 is 0 Å². The second-order valence-corrected chi connectivity index (χ2v) is 9.64. The van der Waals surface area contributed by atoms with Gasteiger partial charge in [0.25, 0.3) is 0 Å². The van der Waals surface area contributed by atoms with Crippen molar-refractivity contribution < 1.29 is 14.2 Å². The van der Waals surface area contributed by atoms with Gasteiger partial charge in [-0.1, -0.05) is 26.8 Å². The van der Waals surface area contributed by atoms with Crippen molar-refractivity contribution in [2.75, 3.05) is 21.3 Å². The van der Waals surface area contributed by atoms with E-state index in [4.69, 9.17) is 19.9 Å². The Bertz CT molecular complexity index is 1120. The highest BCUT2D eigenvalue weighted by Gasteiger charge is 2.54. The van der Waals surface area contributed by atoms with Gasteiger partial charge < -0.3 is 19.9 Å². The third-order valence-corrected chi connectivity index (χ3v) is 7.15. The standard InChI is InChI=1S/C26H30N4O3/c1-25(2,3)15-7-8-19-16(9-15)23(18(12-27)24(30)26(19,13-28)14-29)17-10-21(32-5)22(33-6)11-20(17)31-4/h8,10-11,15-16,23H,7,9,30H2,1-6H3/t15?,16-,23-/m1/s1. The second kappa shape index (κ2) is 8.72. The number of nitriles is 3. The number of hydrogen-bond acceptors (Lipinski definition) is 7. The van der Waals surface area contributed by atoms with Gasteiger partial charge in [-0.05, 0) is 41.7 Å². The molecule has 33 heavy (non-hydrogen) atoms. The maximum atomic E-state index is 10.2. The van der Waals surface area contributed by atoms with Gasteiger partial charge in [-0.3, -0.25) is 0 Å². The van der Waals surface area contributed by atoms with Gasteiger partial charge in [0.15, 0.2) is 11.5 Å². The fraction of sp³-hybridized carbons (Fsp3) is 0.500. The number of hydrogen-bond donors (Lipinski definition) is 1. The first-order chi connectivity index (χ1) is 15.6. The van der Waals surface area contributed by atoms with Gasteiger partial charge in [-0.15, -0.1) is 0 Å². The Labute approximate surface area is 195 Å². The Balaban J connectivity index is 2.37. The lowest BCUT2D eigenvalue weighted by Gasteiger charge is -2.46. The summed E-state index contributed by atoms with van der Waals surface area (Å²) in [6, 6.07) is 10.0. The Hall–Kier alpha value is -3.63. The summed E-state index contributed by atoms with van der Waals surface area (Å²) < 4.78 is 16.6. The van der Waals surface area contributed by atoms with Crippen LogP contribution in [0, 0.1) is 56.7 Å². The van der Waals surface area contributed by atoms with Crippen LogP contribution in [0.5, 0.6) is 17.2 Å². The summed E-state index contributed by atoms with van der Waals surface area (Å²) >= 11 is 0. The molecule has 1 aromatic rings. The lowest BCUT2D eigenvalue weighted by Crippen LogP contribution is -2.43. The van der Waals surface area contributed by atoms with Crippen LogP contribution in [0.25, 0.3) is 0 Å². The first-order valence-electron chi connectivity index (χ1n) is 10.9. The largest absolute Gasteiger partial charge is 0.496 e. The second-order valence-electron chi connectivity index (χ2n) is 9.64. The average molecular weight is 447 g/mol. The maximum absolute atomic E-state index is 10.2. The number of allylic oxidation sites excluding steroid dienone is 3. The van der Waals surface area contributed by atoms with Crippen LogP contribution in [0.15, 0.2) is 35.1 Å². The third-order valence-electron chi connectivity index (χ3n) is 7.15. The number of benzene rings is 1. The zero-order valence-electron chi connectivity index (χ0n) is 20.0. The van der Waals surface area contributed by atoms with Crippen molar-refractivity contribution in [3.8, 4) is 35.5 Å². The smallest absolute Gasteiger partial charge is 0.204 e. The van der Waals surface area contributed by atoms with E-state index in [9.17, 15) is 15.8 Å². The number of nitrogens with zero attached hydrogens (tertiary/aromatic N) is 3. The molecule has 1 aromatic carbocycles. The zero-order valence-corrected chi connectivity index (χ0v) is 20.0. The highest BCUT2D eigenvalue weighted by Crippen LogP contribution is 2.58. The number of fused-ring (bicyclic) bond motifs is 1. The molecule has 0 aliphatic heterocycles. The van der Waals surface area contributed by atoms with Crippen LogP contribution in [0.1, 0.15) is 45.1 Å². The minimum Gasteiger partial charge on any atom is -0.496 e. The highest BCUT2D eigenvalue weighted by molar-refractivity contribution is 5.62. The van der Waals surface area contributed by atoms with E-state index in [1.807, 2.05) is 6.08 Å². The van der Waals surface area contributed by atoms with E-state index < -0.39 is 11.3 Å². The summed E-state index contributed by atoms with van der Waals surface area (Å²) in [5.41, 5.74) is 6.40. The topological polar surface area (TPSA) is 125 Å². The zero-order chi connectivity index (χ0) is 24.6. The molecule has 0 amide bonds. The van der Waals surface area contributed by atoms with Crippen LogP contribution in [-0.2, 0) is 0 Å². The third kappa shape index (κ3) is 3.66. The molecule has 3 atom stereocenters. The van der Waals surface area contributed by atoms with E-state index >= 15 is 0 Å². The van der Waals surface area contributed by atoms with Crippen LogP contribution in [0.3, 0.4) is 0 Å². The molecule has 1 unspecified atom stereocenters. The average Bonchev–Trinajstić information content (AvgIpc) is 2.82. The van der Waals surface area contributed by atoms with Gasteiger partial charge in [0.05, 0.1) is 50.8 Å². The quantitative estimate of drug-likeness (QED) is 0.671. The van der Waals surface area contributed by atoms with Crippen molar-refractivity contribution in [1.82, 2.24) is 0 Å². The van der Waals surface area contributed by atoms with Crippen LogP contribution in [0.4, 0.5) is 0 Å². The molecule has 3 rings (SSSR count). The van der Waals surface area contributed by atoms with E-state index in [0.29, 0.717) is 40.7 Å². The van der Waals surface area contributed by atoms with Crippen molar-refractivity contribution >= 4 is 0 Å². The molecule has 2 aliphatic rings. The summed E-state index contributed by atoms with van der Waals surface area (Å²) in [5.74, 6) is 1.06. The predicted molar refractivity (Wildman–Crippen MR) is 123 cm³/mol. The Kier molecular flexibility index (Phi) is 6.35. The molecule has 7 nitrogen and oxygen atoms in total. The summed E-state index contributed by atoms with van der Waals surface area (Å²) in [7, 11) is 4.64. The van der Waals surface area contributed by atoms with E-state index in [0.717, 1.165) is 6.42 Å². The predicted octanol–water partition coefficient (Wildman–Crippen LogP) is 4.58. The van der Waals surface area contributed by atoms with E-state index in [-0.39, 0.29) is 22.6 Å². The monoisotopic (exact) mass is 446 g/mol. The molecule has 0 bridgehead atoms. The first kappa shape index (κ1) is 24.0. The lowest BCUT2D eigenvalue weighted by atomic mass is 9.55. The molecule has 0 radical (unpaired) electrons. The summed E-state index contributed by atoms with van der Waals surface area (Å²) in [6.07, 6.45) is 3.45. The van der Waals surface area contributed by atoms with Crippen LogP contribution < -0.4 is 19.9 Å². The molecule has 0 saturated heterocycles. The van der Waals surface area contributed by atoms with Crippen molar-refractivity contribution in [1.29, 1.82) is 15.8 Å². The number of methoxy groups -OCH3 is 3. The molecule has 0 fully saturated rings. The molecule has 0 saturated carbocycles. The fourth-order valence-corrected chi connectivity index (χ4v) is 5.20. The van der Waals surface area contributed by atoms with Crippen LogP contribution in [-0.4, -0.2) is 21.3 Å². The van der Waals surface area contributed by atoms with E-state index in [2.05, 4.69) is 39.0 Å². The number of rotatable bonds is 4. The van der Waals surface area contributed by atoms with E-state index in [1.165, 1.54) is 0 Å². The fourth-order valence-electron chi connectivity index (χ4n) is 5.20. The lowest BCUT2D eigenvalue weighted by molar-refractivity contribution is 0.179. The minimum absolute atomic E-state index is 0.00598. The Morgan fingerprint density at radius 2 is 1.55 bits per heavy atom. The van der Waals surface area contributed by atoms with Crippen molar-refractivity contribution in [2.45, 2.75) is 39.5 Å². The highest BCUT2D eigenvalue weighted by atomic mass is 16.5. The maximum Gasteiger partial charge on any atom is 0.204 e. The first-order valence-corrected chi connectivity index (χ1v) is 10.9. The summed E-state index contributed by atoms with van der Waals surface area (Å²) in [5, 5.41) is 30.4. The Morgan fingerprint density at radius 1 is 0.970 bits per heavy atom. The SMILES string of the molecule is COc1cc(OC)c([C@@H]2C(C#N)=C(N)C(C#N)(C#N)C3=CCC(C(C)(C)C)C[C@H]32)cc1OC. The summed E-state index contributed by atoms with van der Waals surface area (Å²) in [4.78, 5) is 0. The molecular weight excluding hydrogens is 416 g/mol. The van der Waals surface area contributed by atoms with Crippen molar-refractivity contribution in [2.24, 2.45) is 28.4 Å². The van der Waals surface area contributed by atoms with Gasteiger partial charge in [0.1, 0.15) is 5.75 Å². The van der Waals surface area contributed by atoms with Gasteiger partial charge in [-0.25, -0.2) is 0 Å². The summed E-state index contributed by atoms with van der Waals surface area (Å²) in [6.45, 7) is 6.55. The number of ether oxygens (including phenoxy) is 3. The molecular formula is C26H30N4O3. The van der Waals surface area contributed by atoms with Crippen molar-refractivity contribution in [3.05, 3.63) is 40.6 Å². The van der Waals surface area contributed by atoms with E-state index in [1.54, 1.807) is 33.5 Å². The van der Waals surface area contributed by atoms with Crippen LogP contribution in [0.2, 0.25) is 0 Å². The Morgan fingerprint density at radius 3 is 2.03 bits per heavy atom. The molecule has 0 heterocycles. The molecule has 2 aliphatic carbocycles. The van der Waals surface area contributed by atoms with Gasteiger partial charge in [-0.2, -0.15) is 15.8 Å². The molecule has 7 heteroatoms. The molecule has 172 valence electrons. The van der Waals surface area contributed by atoms with Gasteiger partial charge in [0, 0.05) is 17.5 Å². The van der Waals surface area contributed by atoms with Gasteiger partial charge in [0.2, 0.25) is 5.41 Å². The van der Waals surface area contributed by atoms with Crippen molar-refractivity contribution in [3.63, 3.8) is 0 Å². The normalized spacial score (nSPS) is 23.8. The van der Waals surface area contributed by atoms with Gasteiger partial charge >= 0.3 is 0 Å². The molecule has 0 aromatic heterocycles. The molecule has 0 spiro atoms. The minimum atomic E-state index is -1.65. The number of nitrogens with two attached hydrogens (primary N) is 1.